The standard InChI is InChI=1S/C11H15NO/c1-3-8-5-6-11(13)9(7-8)10(12)4-2/h3,5-7,10,13H,1,4,12H2,2H3. The van der Waals surface area contributed by atoms with Crippen LogP contribution in [0.25, 0.3) is 6.08 Å². The molecule has 0 aliphatic rings. The Labute approximate surface area is 78.7 Å². The van der Waals surface area contributed by atoms with Crippen LogP contribution in [-0.2, 0) is 0 Å². The first-order valence-electron chi connectivity index (χ1n) is 4.40. The van der Waals surface area contributed by atoms with Gasteiger partial charge in [-0.1, -0.05) is 25.6 Å². The molecule has 0 radical (unpaired) electrons. The zero-order valence-electron chi connectivity index (χ0n) is 7.83. The van der Waals surface area contributed by atoms with Gasteiger partial charge in [0.1, 0.15) is 5.75 Å². The number of benzene rings is 1. The Balaban J connectivity index is 3.10. The molecule has 1 aromatic carbocycles. The summed E-state index contributed by atoms with van der Waals surface area (Å²) in [6.07, 6.45) is 2.56. The molecule has 0 fully saturated rings. The molecule has 13 heavy (non-hydrogen) atoms. The first-order valence-corrected chi connectivity index (χ1v) is 4.40. The van der Waals surface area contributed by atoms with E-state index in [1.165, 1.54) is 0 Å². The van der Waals surface area contributed by atoms with Crippen LogP contribution in [0, 0.1) is 0 Å². The average Bonchev–Trinajstić information content (AvgIpc) is 2.17. The molecular weight excluding hydrogens is 162 g/mol. The van der Waals surface area contributed by atoms with Crippen LogP contribution in [0.1, 0.15) is 30.5 Å². The van der Waals surface area contributed by atoms with Crippen molar-refractivity contribution in [3.63, 3.8) is 0 Å². The number of aromatic hydroxyl groups is 1. The van der Waals surface area contributed by atoms with E-state index < -0.39 is 0 Å². The molecule has 0 saturated heterocycles. The minimum absolute atomic E-state index is 0.0973. The summed E-state index contributed by atoms with van der Waals surface area (Å²) in [5, 5.41) is 9.52. The fourth-order valence-corrected chi connectivity index (χ4v) is 1.22. The van der Waals surface area contributed by atoms with Crippen molar-refractivity contribution < 1.29 is 5.11 Å². The number of nitrogens with two attached hydrogens (primary N) is 1. The van der Waals surface area contributed by atoms with Gasteiger partial charge in [-0.25, -0.2) is 0 Å². The second kappa shape index (κ2) is 4.10. The van der Waals surface area contributed by atoms with Crippen molar-refractivity contribution >= 4 is 6.08 Å². The maximum Gasteiger partial charge on any atom is 0.120 e. The first kappa shape index (κ1) is 9.81. The van der Waals surface area contributed by atoms with Gasteiger partial charge in [-0.3, -0.25) is 0 Å². The molecule has 0 bridgehead atoms. The topological polar surface area (TPSA) is 46.2 Å². The van der Waals surface area contributed by atoms with Gasteiger partial charge in [-0.15, -0.1) is 0 Å². The Morgan fingerprint density at radius 3 is 2.85 bits per heavy atom. The fraction of sp³-hybridized carbons (Fsp3) is 0.273. The maximum atomic E-state index is 9.52. The molecule has 2 nitrogen and oxygen atoms in total. The van der Waals surface area contributed by atoms with Gasteiger partial charge < -0.3 is 10.8 Å². The van der Waals surface area contributed by atoms with Gasteiger partial charge in [0, 0.05) is 11.6 Å². The number of rotatable bonds is 3. The molecule has 1 unspecified atom stereocenters. The van der Waals surface area contributed by atoms with Gasteiger partial charge in [0.2, 0.25) is 0 Å². The molecule has 0 heterocycles. The van der Waals surface area contributed by atoms with Gasteiger partial charge in [0.05, 0.1) is 0 Å². The van der Waals surface area contributed by atoms with E-state index in [1.54, 1.807) is 12.1 Å². The van der Waals surface area contributed by atoms with Crippen molar-refractivity contribution in [1.82, 2.24) is 0 Å². The summed E-state index contributed by atoms with van der Waals surface area (Å²) in [5.74, 6) is 0.264. The van der Waals surface area contributed by atoms with E-state index >= 15 is 0 Å². The van der Waals surface area contributed by atoms with Crippen molar-refractivity contribution in [2.45, 2.75) is 19.4 Å². The van der Waals surface area contributed by atoms with Crippen LogP contribution < -0.4 is 5.73 Å². The minimum Gasteiger partial charge on any atom is -0.508 e. The van der Waals surface area contributed by atoms with Gasteiger partial charge >= 0.3 is 0 Å². The van der Waals surface area contributed by atoms with Crippen LogP contribution in [-0.4, -0.2) is 5.11 Å². The SMILES string of the molecule is C=Cc1ccc(O)c(C(N)CC)c1. The highest BCUT2D eigenvalue weighted by Gasteiger charge is 2.08. The van der Waals surface area contributed by atoms with Crippen molar-refractivity contribution in [3.05, 3.63) is 35.9 Å². The highest BCUT2D eigenvalue weighted by molar-refractivity contribution is 5.52. The van der Waals surface area contributed by atoms with Gasteiger partial charge in [-0.2, -0.15) is 0 Å². The van der Waals surface area contributed by atoms with Gasteiger partial charge in [0.25, 0.3) is 0 Å². The molecule has 0 aliphatic heterocycles. The smallest absolute Gasteiger partial charge is 0.120 e. The Morgan fingerprint density at radius 1 is 1.62 bits per heavy atom. The molecule has 0 aromatic heterocycles. The third-order valence-electron chi connectivity index (χ3n) is 2.13. The van der Waals surface area contributed by atoms with Crippen molar-refractivity contribution in [1.29, 1.82) is 0 Å². The monoisotopic (exact) mass is 177 g/mol. The maximum absolute atomic E-state index is 9.52. The lowest BCUT2D eigenvalue weighted by Crippen LogP contribution is -2.08. The Bertz CT molecular complexity index is 307. The quantitative estimate of drug-likeness (QED) is 0.745. The van der Waals surface area contributed by atoms with E-state index in [1.807, 2.05) is 19.1 Å². The van der Waals surface area contributed by atoms with E-state index in [4.69, 9.17) is 5.73 Å². The lowest BCUT2D eigenvalue weighted by Gasteiger charge is -2.11. The molecule has 3 N–H and O–H groups in total. The second-order valence-electron chi connectivity index (χ2n) is 3.04. The molecule has 0 amide bonds. The van der Waals surface area contributed by atoms with Crippen LogP contribution in [0.2, 0.25) is 0 Å². The predicted molar refractivity (Wildman–Crippen MR) is 55.4 cm³/mol. The summed E-state index contributed by atoms with van der Waals surface area (Å²) >= 11 is 0. The molecule has 1 atom stereocenters. The van der Waals surface area contributed by atoms with Crippen LogP contribution >= 0.6 is 0 Å². The van der Waals surface area contributed by atoms with E-state index in [0.29, 0.717) is 0 Å². The third kappa shape index (κ3) is 2.10. The Morgan fingerprint density at radius 2 is 2.31 bits per heavy atom. The molecule has 1 rings (SSSR count). The highest BCUT2D eigenvalue weighted by Crippen LogP contribution is 2.25. The van der Waals surface area contributed by atoms with Crippen molar-refractivity contribution in [2.24, 2.45) is 5.73 Å². The molecule has 0 aliphatic carbocycles. The van der Waals surface area contributed by atoms with Crippen molar-refractivity contribution in [3.8, 4) is 5.75 Å². The molecule has 0 saturated carbocycles. The Kier molecular flexibility index (Phi) is 3.09. The normalized spacial score (nSPS) is 12.5. The predicted octanol–water partition coefficient (Wildman–Crippen LogP) is 2.45. The summed E-state index contributed by atoms with van der Waals surface area (Å²) in [4.78, 5) is 0. The first-order chi connectivity index (χ1) is 6.19. The number of phenolic OH excluding ortho intramolecular Hbond substituents is 1. The summed E-state index contributed by atoms with van der Waals surface area (Å²) < 4.78 is 0. The van der Waals surface area contributed by atoms with Crippen LogP contribution in [0.15, 0.2) is 24.8 Å². The van der Waals surface area contributed by atoms with E-state index in [0.717, 1.165) is 17.5 Å². The zero-order chi connectivity index (χ0) is 9.84. The lowest BCUT2D eigenvalue weighted by molar-refractivity contribution is 0.460. The lowest BCUT2D eigenvalue weighted by atomic mass is 10.0. The van der Waals surface area contributed by atoms with Crippen LogP contribution in [0.4, 0.5) is 0 Å². The van der Waals surface area contributed by atoms with Gasteiger partial charge in [0.15, 0.2) is 0 Å². The summed E-state index contributed by atoms with van der Waals surface area (Å²) in [7, 11) is 0. The van der Waals surface area contributed by atoms with E-state index in [9.17, 15) is 5.11 Å². The second-order valence-corrected chi connectivity index (χ2v) is 3.04. The third-order valence-corrected chi connectivity index (χ3v) is 2.13. The van der Waals surface area contributed by atoms with Gasteiger partial charge in [-0.05, 0) is 24.1 Å². The highest BCUT2D eigenvalue weighted by atomic mass is 16.3. The number of hydrogen-bond acceptors (Lipinski definition) is 2. The molecular formula is C11H15NO. The fourth-order valence-electron chi connectivity index (χ4n) is 1.22. The molecule has 1 aromatic rings. The Hall–Kier alpha value is -1.28. The van der Waals surface area contributed by atoms with E-state index in [2.05, 4.69) is 6.58 Å². The van der Waals surface area contributed by atoms with Crippen molar-refractivity contribution in [2.75, 3.05) is 0 Å². The van der Waals surface area contributed by atoms with E-state index in [-0.39, 0.29) is 11.8 Å². The largest absolute Gasteiger partial charge is 0.508 e. The summed E-state index contributed by atoms with van der Waals surface area (Å²) in [5.41, 5.74) is 7.60. The number of phenols is 1. The summed E-state index contributed by atoms with van der Waals surface area (Å²) in [6, 6.07) is 5.24. The molecule has 2 heteroatoms. The van der Waals surface area contributed by atoms with Crippen LogP contribution in [0.3, 0.4) is 0 Å². The number of hydrogen-bond donors (Lipinski definition) is 2. The molecule has 0 spiro atoms. The summed E-state index contributed by atoms with van der Waals surface area (Å²) in [6.45, 7) is 5.66. The minimum atomic E-state index is -0.0973. The molecule has 70 valence electrons. The average molecular weight is 177 g/mol. The van der Waals surface area contributed by atoms with Crippen LogP contribution in [0.5, 0.6) is 5.75 Å². The zero-order valence-corrected chi connectivity index (χ0v) is 7.83.